The van der Waals surface area contributed by atoms with Gasteiger partial charge in [0, 0.05) is 39.0 Å². The first-order chi connectivity index (χ1) is 12.7. The van der Waals surface area contributed by atoms with E-state index in [1.165, 1.54) is 11.1 Å². The van der Waals surface area contributed by atoms with Crippen LogP contribution in [0.1, 0.15) is 16.8 Å². The summed E-state index contributed by atoms with van der Waals surface area (Å²) < 4.78 is 7.25. The van der Waals surface area contributed by atoms with Crippen LogP contribution in [0.2, 0.25) is 0 Å². The predicted molar refractivity (Wildman–Crippen MR) is 120 cm³/mol. The lowest BCUT2D eigenvalue weighted by Crippen LogP contribution is -2.37. The maximum Gasteiger partial charge on any atom is 0.191 e. The van der Waals surface area contributed by atoms with Crippen LogP contribution in [0.25, 0.3) is 5.65 Å². The fourth-order valence-corrected chi connectivity index (χ4v) is 2.78. The van der Waals surface area contributed by atoms with Gasteiger partial charge < -0.3 is 19.8 Å². The Morgan fingerprint density at radius 3 is 2.63 bits per heavy atom. The minimum absolute atomic E-state index is 0. The smallest absolute Gasteiger partial charge is 0.191 e. The van der Waals surface area contributed by atoms with E-state index in [1.54, 1.807) is 14.2 Å². The van der Waals surface area contributed by atoms with E-state index in [2.05, 4.69) is 39.2 Å². The number of halogens is 1. The van der Waals surface area contributed by atoms with Gasteiger partial charge in [-0.25, -0.2) is 4.98 Å². The minimum Gasteiger partial charge on any atom is -0.497 e. The van der Waals surface area contributed by atoms with Crippen LogP contribution >= 0.6 is 24.0 Å². The summed E-state index contributed by atoms with van der Waals surface area (Å²) >= 11 is 0. The molecular formula is C20H26IN5O. The van der Waals surface area contributed by atoms with Crippen molar-refractivity contribution in [2.45, 2.75) is 19.9 Å². The summed E-state index contributed by atoms with van der Waals surface area (Å²) in [6.07, 6.45) is 4.95. The Hall–Kier alpha value is -2.29. The molecule has 0 aliphatic rings. The van der Waals surface area contributed by atoms with E-state index >= 15 is 0 Å². The lowest BCUT2D eigenvalue weighted by atomic mass is 10.2. The number of aryl methyl sites for hydroxylation is 1. The molecule has 3 rings (SSSR count). The fourth-order valence-electron chi connectivity index (χ4n) is 2.78. The lowest BCUT2D eigenvalue weighted by Gasteiger charge is -2.11. The zero-order chi connectivity index (χ0) is 18.4. The van der Waals surface area contributed by atoms with Crippen LogP contribution < -0.4 is 15.4 Å². The summed E-state index contributed by atoms with van der Waals surface area (Å²) in [6.45, 7) is 3.55. The van der Waals surface area contributed by atoms with Gasteiger partial charge in [-0.15, -0.1) is 24.0 Å². The van der Waals surface area contributed by atoms with Crippen molar-refractivity contribution in [2.75, 3.05) is 20.7 Å². The Morgan fingerprint density at radius 1 is 1.19 bits per heavy atom. The van der Waals surface area contributed by atoms with E-state index in [0.29, 0.717) is 6.54 Å². The van der Waals surface area contributed by atoms with Crippen LogP contribution in [0.15, 0.2) is 53.8 Å². The zero-order valence-corrected chi connectivity index (χ0v) is 18.2. The predicted octanol–water partition coefficient (Wildman–Crippen LogP) is 3.18. The third kappa shape index (κ3) is 5.59. The summed E-state index contributed by atoms with van der Waals surface area (Å²) in [5.74, 6) is 1.64. The third-order valence-electron chi connectivity index (χ3n) is 4.24. The molecule has 0 radical (unpaired) electrons. The Balaban J connectivity index is 0.00000261. The van der Waals surface area contributed by atoms with Crippen LogP contribution in [0.3, 0.4) is 0 Å². The molecule has 0 spiro atoms. The van der Waals surface area contributed by atoms with Crippen molar-refractivity contribution in [2.24, 2.45) is 4.99 Å². The normalized spacial score (nSPS) is 11.1. The largest absolute Gasteiger partial charge is 0.497 e. The Kier molecular flexibility index (Phi) is 7.90. The molecule has 6 nitrogen and oxygen atoms in total. The number of methoxy groups -OCH3 is 1. The summed E-state index contributed by atoms with van der Waals surface area (Å²) in [6, 6.07) is 12.1. The molecule has 3 aromatic rings. The molecule has 0 unspecified atom stereocenters. The number of ether oxygens (including phenoxy) is 1. The van der Waals surface area contributed by atoms with Gasteiger partial charge in [-0.2, -0.15) is 0 Å². The Bertz CT molecular complexity index is 889. The number of nitrogens with zero attached hydrogens (tertiary/aromatic N) is 3. The number of nitrogens with one attached hydrogen (secondary N) is 2. The van der Waals surface area contributed by atoms with Gasteiger partial charge in [0.05, 0.1) is 12.8 Å². The quantitative estimate of drug-likeness (QED) is 0.324. The van der Waals surface area contributed by atoms with Gasteiger partial charge >= 0.3 is 0 Å². The first-order valence-electron chi connectivity index (χ1n) is 8.70. The highest BCUT2D eigenvalue weighted by molar-refractivity contribution is 14.0. The maximum absolute atomic E-state index is 5.18. The van der Waals surface area contributed by atoms with Crippen molar-refractivity contribution in [3.8, 4) is 5.75 Å². The molecule has 0 aliphatic heterocycles. The summed E-state index contributed by atoms with van der Waals surface area (Å²) in [5.41, 5.74) is 4.44. The molecule has 0 atom stereocenters. The van der Waals surface area contributed by atoms with Crippen molar-refractivity contribution < 1.29 is 4.74 Å². The summed E-state index contributed by atoms with van der Waals surface area (Å²) in [7, 11) is 3.45. The Morgan fingerprint density at radius 2 is 1.96 bits per heavy atom. The number of imidazole rings is 1. The first kappa shape index (κ1) is 21.0. The van der Waals surface area contributed by atoms with Gasteiger partial charge in [-0.05, 0) is 36.2 Å². The number of fused-ring (bicyclic) bond motifs is 1. The van der Waals surface area contributed by atoms with Gasteiger partial charge in [-0.3, -0.25) is 4.99 Å². The van der Waals surface area contributed by atoms with Crippen LogP contribution in [0.4, 0.5) is 0 Å². The molecule has 2 aromatic heterocycles. The SMILES string of the molecule is CN=C(NCCc1cn2cccc(C)c2n1)NCc1ccc(OC)cc1.I. The summed E-state index contributed by atoms with van der Waals surface area (Å²) in [4.78, 5) is 8.96. The number of hydrogen-bond donors (Lipinski definition) is 2. The second kappa shape index (κ2) is 10.1. The highest BCUT2D eigenvalue weighted by atomic mass is 127. The standard InChI is InChI=1S/C20H25N5O.HI/c1-15-5-4-12-25-14-17(24-19(15)25)10-11-22-20(21-2)23-13-16-6-8-18(26-3)9-7-16;/h4-9,12,14H,10-11,13H2,1-3H3,(H2,21,22,23);1H. The van der Waals surface area contributed by atoms with Crippen molar-refractivity contribution in [1.29, 1.82) is 0 Å². The van der Waals surface area contributed by atoms with Crippen LogP contribution in [-0.4, -0.2) is 36.0 Å². The van der Waals surface area contributed by atoms with E-state index in [0.717, 1.165) is 36.0 Å². The minimum atomic E-state index is 0. The number of aromatic nitrogens is 2. The molecule has 2 heterocycles. The van der Waals surface area contributed by atoms with Gasteiger partial charge in [-0.1, -0.05) is 18.2 Å². The number of benzene rings is 1. The molecule has 0 fully saturated rings. The van der Waals surface area contributed by atoms with Crippen LogP contribution in [-0.2, 0) is 13.0 Å². The monoisotopic (exact) mass is 479 g/mol. The van der Waals surface area contributed by atoms with E-state index in [1.807, 2.05) is 36.5 Å². The third-order valence-corrected chi connectivity index (χ3v) is 4.24. The molecular weight excluding hydrogens is 453 g/mol. The number of aliphatic imine (C=N–C) groups is 1. The maximum atomic E-state index is 5.18. The molecule has 0 bridgehead atoms. The molecule has 144 valence electrons. The van der Waals surface area contributed by atoms with Crippen molar-refractivity contribution in [3.05, 3.63) is 65.6 Å². The second-order valence-corrected chi connectivity index (χ2v) is 6.10. The number of pyridine rings is 1. The molecule has 27 heavy (non-hydrogen) atoms. The van der Waals surface area contributed by atoms with Gasteiger partial charge in [0.15, 0.2) is 5.96 Å². The van der Waals surface area contributed by atoms with Crippen molar-refractivity contribution >= 4 is 35.6 Å². The average Bonchev–Trinajstić information content (AvgIpc) is 3.09. The fraction of sp³-hybridized carbons (Fsp3) is 0.300. The molecule has 2 N–H and O–H groups in total. The van der Waals surface area contributed by atoms with Crippen LogP contribution in [0, 0.1) is 6.92 Å². The van der Waals surface area contributed by atoms with Crippen molar-refractivity contribution in [1.82, 2.24) is 20.0 Å². The molecule has 0 amide bonds. The van der Waals surface area contributed by atoms with Crippen LogP contribution in [0.5, 0.6) is 5.75 Å². The molecule has 7 heteroatoms. The number of hydrogen-bond acceptors (Lipinski definition) is 3. The van der Waals surface area contributed by atoms with E-state index in [9.17, 15) is 0 Å². The topological polar surface area (TPSA) is 63.0 Å². The van der Waals surface area contributed by atoms with Gasteiger partial charge in [0.1, 0.15) is 11.4 Å². The van der Waals surface area contributed by atoms with Gasteiger partial charge in [0.2, 0.25) is 0 Å². The highest BCUT2D eigenvalue weighted by Crippen LogP contribution is 2.11. The van der Waals surface area contributed by atoms with Gasteiger partial charge in [0.25, 0.3) is 0 Å². The number of rotatable bonds is 6. The summed E-state index contributed by atoms with van der Waals surface area (Å²) in [5, 5.41) is 6.65. The van der Waals surface area contributed by atoms with E-state index in [4.69, 9.17) is 9.72 Å². The molecule has 0 saturated carbocycles. The second-order valence-electron chi connectivity index (χ2n) is 6.10. The molecule has 1 aromatic carbocycles. The lowest BCUT2D eigenvalue weighted by molar-refractivity contribution is 0.414. The zero-order valence-electron chi connectivity index (χ0n) is 15.9. The first-order valence-corrected chi connectivity index (χ1v) is 8.70. The van der Waals surface area contributed by atoms with E-state index in [-0.39, 0.29) is 24.0 Å². The molecule has 0 aliphatic carbocycles. The molecule has 0 saturated heterocycles. The average molecular weight is 479 g/mol. The van der Waals surface area contributed by atoms with E-state index < -0.39 is 0 Å². The Labute approximate surface area is 177 Å². The highest BCUT2D eigenvalue weighted by Gasteiger charge is 2.04. The number of guanidine groups is 1. The van der Waals surface area contributed by atoms with Crippen molar-refractivity contribution in [3.63, 3.8) is 0 Å².